The number of rotatable bonds is 4. The van der Waals surface area contributed by atoms with Crippen LogP contribution in [0.3, 0.4) is 0 Å². The maximum atomic E-state index is 9.00. The first-order valence-corrected chi connectivity index (χ1v) is 4.47. The smallest absolute Gasteiger partial charge is 0.0684 e. The minimum atomic E-state index is 0.135. The third-order valence-corrected chi connectivity index (χ3v) is 2.02. The van der Waals surface area contributed by atoms with Gasteiger partial charge in [0.15, 0.2) is 0 Å². The predicted molar refractivity (Wildman–Crippen MR) is 49.8 cm³/mol. The molecular weight excluding hydrogens is 148 g/mol. The van der Waals surface area contributed by atoms with E-state index in [0.29, 0.717) is 0 Å². The molecule has 0 atom stereocenters. The zero-order chi connectivity index (χ0) is 8.81. The summed E-state index contributed by atoms with van der Waals surface area (Å²) in [6, 6.07) is 8.78. The summed E-state index contributed by atoms with van der Waals surface area (Å²) < 4.78 is 0. The lowest BCUT2D eigenvalue weighted by molar-refractivity contribution is 0.280. The molecule has 65 valence electrons. The highest BCUT2D eigenvalue weighted by Crippen LogP contribution is 2.11. The van der Waals surface area contributed by atoms with Gasteiger partial charge in [-0.05, 0) is 36.1 Å². The van der Waals surface area contributed by atoms with Crippen molar-refractivity contribution in [2.45, 2.75) is 32.8 Å². The first kappa shape index (κ1) is 9.27. The molecule has 1 nitrogen and oxygen atoms in total. The van der Waals surface area contributed by atoms with Crippen LogP contribution >= 0.6 is 0 Å². The molecule has 1 aromatic carbocycles. The van der Waals surface area contributed by atoms with E-state index in [1.165, 1.54) is 18.4 Å². The first-order valence-electron chi connectivity index (χ1n) is 4.47. The Bertz CT molecular complexity index is 230. The molecule has 0 heterocycles. The highest BCUT2D eigenvalue weighted by Gasteiger charge is 1.98. The van der Waals surface area contributed by atoms with Gasteiger partial charge in [-0.3, -0.25) is 0 Å². The van der Waals surface area contributed by atoms with Gasteiger partial charge in [0.2, 0.25) is 0 Å². The van der Waals surface area contributed by atoms with E-state index >= 15 is 0 Å². The Balaban J connectivity index is 2.68. The number of aliphatic hydroxyl groups is 1. The van der Waals surface area contributed by atoms with Gasteiger partial charge in [-0.15, -0.1) is 0 Å². The van der Waals surface area contributed by atoms with Gasteiger partial charge in [-0.25, -0.2) is 0 Å². The molecule has 1 N–H and O–H groups in total. The number of benzene rings is 1. The maximum Gasteiger partial charge on any atom is 0.0684 e. The van der Waals surface area contributed by atoms with E-state index < -0.39 is 0 Å². The van der Waals surface area contributed by atoms with Gasteiger partial charge in [0, 0.05) is 0 Å². The van der Waals surface area contributed by atoms with Crippen LogP contribution in [0.1, 0.15) is 30.9 Å². The zero-order valence-electron chi connectivity index (χ0n) is 7.51. The molecule has 0 saturated carbocycles. The van der Waals surface area contributed by atoms with Crippen LogP contribution in [-0.2, 0) is 13.0 Å². The summed E-state index contributed by atoms with van der Waals surface area (Å²) in [7, 11) is 0. The van der Waals surface area contributed by atoms with E-state index in [1.54, 1.807) is 0 Å². The fourth-order valence-electron chi connectivity index (χ4n) is 1.26. The number of aliphatic hydroxyl groups excluding tert-OH is 1. The van der Waals surface area contributed by atoms with Crippen molar-refractivity contribution in [2.24, 2.45) is 0 Å². The van der Waals surface area contributed by atoms with E-state index in [9.17, 15) is 0 Å². The molecule has 1 aromatic rings. The van der Waals surface area contributed by atoms with Gasteiger partial charge in [-0.1, -0.05) is 25.5 Å². The van der Waals surface area contributed by atoms with Crippen molar-refractivity contribution in [2.75, 3.05) is 0 Å². The zero-order valence-corrected chi connectivity index (χ0v) is 7.51. The van der Waals surface area contributed by atoms with Crippen molar-refractivity contribution in [3.63, 3.8) is 0 Å². The second-order valence-corrected chi connectivity index (χ2v) is 2.96. The summed E-state index contributed by atoms with van der Waals surface area (Å²) in [5.41, 5.74) is 2.28. The SMILES string of the molecule is CCCCc1cc[c]cc1CO. The van der Waals surface area contributed by atoms with Crippen molar-refractivity contribution in [1.29, 1.82) is 0 Å². The maximum absolute atomic E-state index is 9.00. The molecule has 0 aliphatic carbocycles. The molecule has 0 amide bonds. The normalized spacial score (nSPS) is 10.2. The van der Waals surface area contributed by atoms with Crippen molar-refractivity contribution in [1.82, 2.24) is 0 Å². The second kappa shape index (κ2) is 4.94. The molecule has 12 heavy (non-hydrogen) atoms. The molecule has 0 aliphatic heterocycles. The summed E-state index contributed by atoms with van der Waals surface area (Å²) in [4.78, 5) is 0. The Hall–Kier alpha value is -0.820. The summed E-state index contributed by atoms with van der Waals surface area (Å²) in [6.07, 6.45) is 3.46. The van der Waals surface area contributed by atoms with Crippen LogP contribution in [0.25, 0.3) is 0 Å². The monoisotopic (exact) mass is 163 g/mol. The Morgan fingerprint density at radius 1 is 1.42 bits per heavy atom. The van der Waals surface area contributed by atoms with Crippen LogP contribution in [0.2, 0.25) is 0 Å². The van der Waals surface area contributed by atoms with Crippen LogP contribution in [0.5, 0.6) is 0 Å². The number of unbranched alkanes of at least 4 members (excludes halogenated alkanes) is 1. The Morgan fingerprint density at radius 2 is 2.25 bits per heavy atom. The number of aryl methyl sites for hydroxylation is 1. The van der Waals surface area contributed by atoms with Gasteiger partial charge < -0.3 is 5.11 Å². The fraction of sp³-hybridized carbons (Fsp3) is 0.455. The van der Waals surface area contributed by atoms with E-state index in [2.05, 4.69) is 13.0 Å². The standard InChI is InChI=1S/C11H15O/c1-2-3-6-10-7-4-5-8-11(10)9-12/h4,7-8,12H,2-3,6,9H2,1H3. The molecule has 0 saturated heterocycles. The fourth-order valence-corrected chi connectivity index (χ4v) is 1.26. The topological polar surface area (TPSA) is 20.2 Å². The molecule has 0 spiro atoms. The van der Waals surface area contributed by atoms with Crippen LogP contribution in [-0.4, -0.2) is 5.11 Å². The number of hydrogen-bond donors (Lipinski definition) is 1. The minimum Gasteiger partial charge on any atom is -0.392 e. The summed E-state index contributed by atoms with van der Waals surface area (Å²) in [5, 5.41) is 9.00. The Labute approximate surface area is 74.1 Å². The van der Waals surface area contributed by atoms with Gasteiger partial charge >= 0.3 is 0 Å². The van der Waals surface area contributed by atoms with E-state index in [4.69, 9.17) is 5.11 Å². The van der Waals surface area contributed by atoms with Crippen molar-refractivity contribution in [3.8, 4) is 0 Å². The average molecular weight is 163 g/mol. The lowest BCUT2D eigenvalue weighted by Crippen LogP contribution is -1.93. The largest absolute Gasteiger partial charge is 0.392 e. The van der Waals surface area contributed by atoms with Crippen molar-refractivity contribution >= 4 is 0 Å². The molecule has 0 aromatic heterocycles. The van der Waals surface area contributed by atoms with E-state index in [-0.39, 0.29) is 6.61 Å². The predicted octanol–water partition coefficient (Wildman–Crippen LogP) is 2.32. The van der Waals surface area contributed by atoms with E-state index in [0.717, 1.165) is 12.0 Å². The molecule has 1 heteroatoms. The van der Waals surface area contributed by atoms with Crippen molar-refractivity contribution in [3.05, 3.63) is 35.4 Å². The van der Waals surface area contributed by atoms with Crippen LogP contribution < -0.4 is 0 Å². The minimum absolute atomic E-state index is 0.135. The molecule has 0 bridgehead atoms. The van der Waals surface area contributed by atoms with Gasteiger partial charge in [-0.2, -0.15) is 0 Å². The van der Waals surface area contributed by atoms with Crippen molar-refractivity contribution < 1.29 is 5.11 Å². The molecular formula is C11H15O. The lowest BCUT2D eigenvalue weighted by Gasteiger charge is -2.04. The summed E-state index contributed by atoms with van der Waals surface area (Å²) in [5.74, 6) is 0. The highest BCUT2D eigenvalue weighted by atomic mass is 16.3. The van der Waals surface area contributed by atoms with Gasteiger partial charge in [0.1, 0.15) is 0 Å². The summed E-state index contributed by atoms with van der Waals surface area (Å²) in [6.45, 7) is 2.31. The van der Waals surface area contributed by atoms with Gasteiger partial charge in [0.25, 0.3) is 0 Å². The van der Waals surface area contributed by atoms with Crippen LogP contribution in [0.4, 0.5) is 0 Å². The third kappa shape index (κ3) is 2.35. The molecule has 0 aliphatic rings. The quantitative estimate of drug-likeness (QED) is 0.722. The molecule has 1 rings (SSSR count). The lowest BCUT2D eigenvalue weighted by atomic mass is 10.0. The first-order chi connectivity index (χ1) is 5.88. The molecule has 0 unspecified atom stereocenters. The Kier molecular flexibility index (Phi) is 3.81. The summed E-state index contributed by atoms with van der Waals surface area (Å²) >= 11 is 0. The van der Waals surface area contributed by atoms with Crippen LogP contribution in [0.15, 0.2) is 18.2 Å². The van der Waals surface area contributed by atoms with E-state index in [1.807, 2.05) is 18.2 Å². The average Bonchev–Trinajstić information content (AvgIpc) is 2.15. The second-order valence-electron chi connectivity index (χ2n) is 2.96. The third-order valence-electron chi connectivity index (χ3n) is 2.02. The molecule has 0 fully saturated rings. The number of hydrogen-bond acceptors (Lipinski definition) is 1. The van der Waals surface area contributed by atoms with Gasteiger partial charge in [0.05, 0.1) is 6.61 Å². The Morgan fingerprint density at radius 3 is 2.92 bits per heavy atom. The highest BCUT2D eigenvalue weighted by molar-refractivity contribution is 5.25. The van der Waals surface area contributed by atoms with Crippen LogP contribution in [0, 0.1) is 6.07 Å². The molecule has 1 radical (unpaired) electrons.